The van der Waals surface area contributed by atoms with E-state index in [-0.39, 0.29) is 33.0 Å². The summed E-state index contributed by atoms with van der Waals surface area (Å²) in [6.07, 6.45) is -0.488. The second-order valence-electron chi connectivity index (χ2n) is 5.83. The molecule has 0 aromatic heterocycles. The van der Waals surface area contributed by atoms with Gasteiger partial charge in [-0.3, -0.25) is 14.2 Å². The van der Waals surface area contributed by atoms with Crippen LogP contribution in [0.25, 0.3) is 0 Å². The Morgan fingerprint density at radius 1 is 1.04 bits per heavy atom. The highest BCUT2D eigenvalue weighted by molar-refractivity contribution is 7.55. The maximum atomic E-state index is 12.8. The van der Waals surface area contributed by atoms with Gasteiger partial charge in [-0.25, -0.2) is 0 Å². The first-order chi connectivity index (χ1) is 11.2. The average Bonchev–Trinajstić information content (AvgIpc) is 2.51. The lowest BCUT2D eigenvalue weighted by Gasteiger charge is -2.25. The summed E-state index contributed by atoms with van der Waals surface area (Å²) in [4.78, 5) is 24.2. The van der Waals surface area contributed by atoms with E-state index in [0.29, 0.717) is 0 Å². The van der Waals surface area contributed by atoms with Crippen LogP contribution in [0.4, 0.5) is 0 Å². The van der Waals surface area contributed by atoms with Crippen LogP contribution >= 0.6 is 7.60 Å². The summed E-state index contributed by atoms with van der Waals surface area (Å²) in [6.45, 7) is 8.22. The summed E-state index contributed by atoms with van der Waals surface area (Å²) < 4.78 is 33.1. The second-order valence-corrected chi connectivity index (χ2v) is 8.05. The zero-order valence-corrected chi connectivity index (χ0v) is 16.0. The quantitative estimate of drug-likeness (QED) is 0.412. The molecule has 9 heteroatoms. The molecule has 0 aliphatic carbocycles. The average molecular weight is 368 g/mol. The number of rotatable bonds is 12. The summed E-state index contributed by atoms with van der Waals surface area (Å²) in [5.74, 6) is -1.57. The van der Waals surface area contributed by atoms with E-state index in [9.17, 15) is 14.2 Å². The van der Waals surface area contributed by atoms with Gasteiger partial charge in [-0.05, 0) is 20.8 Å². The standard InChI is InChI=1S/C15H29O8P/c1-6-20-14(18)12(24(19,22-7-2)23-8-3)9-13(17)21-11-15(4,5)10-16/h12,16H,6-11H2,1-5H3. The third-order valence-corrected chi connectivity index (χ3v) is 5.36. The van der Waals surface area contributed by atoms with Gasteiger partial charge in [0, 0.05) is 5.41 Å². The molecule has 0 saturated heterocycles. The van der Waals surface area contributed by atoms with Crippen LogP contribution in [0.1, 0.15) is 41.0 Å². The van der Waals surface area contributed by atoms with Crippen LogP contribution < -0.4 is 0 Å². The van der Waals surface area contributed by atoms with Gasteiger partial charge in [-0.1, -0.05) is 13.8 Å². The normalized spacial score (nSPS) is 13.4. The van der Waals surface area contributed by atoms with Gasteiger partial charge in [-0.2, -0.15) is 0 Å². The van der Waals surface area contributed by atoms with Crippen LogP contribution in [0.2, 0.25) is 0 Å². The molecule has 0 fully saturated rings. The minimum Gasteiger partial charge on any atom is -0.465 e. The molecule has 1 unspecified atom stereocenters. The minimum atomic E-state index is -3.87. The Hall–Kier alpha value is -0.950. The molecule has 0 bridgehead atoms. The van der Waals surface area contributed by atoms with Gasteiger partial charge in [0.1, 0.15) is 0 Å². The number of hydrogen-bond donors (Lipinski definition) is 1. The van der Waals surface area contributed by atoms with E-state index in [0.717, 1.165) is 0 Å². The molecular formula is C15H29O8P. The highest BCUT2D eigenvalue weighted by Gasteiger charge is 2.44. The molecule has 1 N–H and O–H groups in total. The van der Waals surface area contributed by atoms with Crippen LogP contribution in [-0.2, 0) is 32.7 Å². The third-order valence-electron chi connectivity index (χ3n) is 2.97. The van der Waals surface area contributed by atoms with Crippen molar-refractivity contribution in [3.63, 3.8) is 0 Å². The Kier molecular flexibility index (Phi) is 10.4. The predicted molar refractivity (Wildman–Crippen MR) is 87.7 cm³/mol. The van der Waals surface area contributed by atoms with Gasteiger partial charge < -0.3 is 23.6 Å². The van der Waals surface area contributed by atoms with Crippen molar-refractivity contribution in [1.82, 2.24) is 0 Å². The third kappa shape index (κ3) is 7.75. The molecule has 0 spiro atoms. The number of aliphatic hydroxyl groups excluding tert-OH is 1. The summed E-state index contributed by atoms with van der Waals surface area (Å²) in [5, 5.41) is 9.17. The summed E-state index contributed by atoms with van der Waals surface area (Å²) in [6, 6.07) is 0. The van der Waals surface area contributed by atoms with Crippen molar-refractivity contribution >= 4 is 19.5 Å². The van der Waals surface area contributed by atoms with E-state index in [4.69, 9.17) is 23.6 Å². The topological polar surface area (TPSA) is 108 Å². The highest BCUT2D eigenvalue weighted by Crippen LogP contribution is 2.54. The number of ether oxygens (including phenoxy) is 2. The smallest absolute Gasteiger partial charge is 0.345 e. The fourth-order valence-corrected chi connectivity index (χ4v) is 3.54. The van der Waals surface area contributed by atoms with Crippen molar-refractivity contribution < 1.29 is 37.8 Å². The number of hydrogen-bond acceptors (Lipinski definition) is 8. The SMILES string of the molecule is CCOC(=O)C(CC(=O)OCC(C)(C)CO)P(=O)(OCC)OCC. The van der Waals surface area contributed by atoms with Gasteiger partial charge in [0.2, 0.25) is 0 Å². The molecule has 24 heavy (non-hydrogen) atoms. The lowest BCUT2D eigenvalue weighted by molar-refractivity contribution is -0.152. The number of carbonyl (C=O) groups is 2. The molecule has 0 rings (SSSR count). The van der Waals surface area contributed by atoms with Crippen molar-refractivity contribution in [1.29, 1.82) is 0 Å². The lowest BCUT2D eigenvalue weighted by atomic mass is 9.97. The molecule has 0 radical (unpaired) electrons. The second kappa shape index (κ2) is 10.8. The summed E-state index contributed by atoms with van der Waals surface area (Å²) >= 11 is 0. The van der Waals surface area contributed by atoms with Gasteiger partial charge >= 0.3 is 19.5 Å². The number of carbonyl (C=O) groups excluding carboxylic acids is 2. The fourth-order valence-electron chi connectivity index (χ4n) is 1.68. The molecule has 142 valence electrons. The van der Waals surface area contributed by atoms with Crippen molar-refractivity contribution in [2.75, 3.05) is 33.0 Å². The van der Waals surface area contributed by atoms with Crippen molar-refractivity contribution in [2.24, 2.45) is 5.41 Å². The Labute approximate surface area is 143 Å². The van der Waals surface area contributed by atoms with E-state index >= 15 is 0 Å². The molecule has 0 aromatic carbocycles. The van der Waals surface area contributed by atoms with E-state index in [1.54, 1.807) is 34.6 Å². The van der Waals surface area contributed by atoms with E-state index in [1.165, 1.54) is 0 Å². The van der Waals surface area contributed by atoms with Gasteiger partial charge in [-0.15, -0.1) is 0 Å². The first kappa shape index (κ1) is 23.1. The van der Waals surface area contributed by atoms with E-state index in [1.807, 2.05) is 0 Å². The number of aliphatic hydroxyl groups is 1. The van der Waals surface area contributed by atoms with Crippen LogP contribution in [0.15, 0.2) is 0 Å². The molecule has 0 aliphatic rings. The lowest BCUT2D eigenvalue weighted by Crippen LogP contribution is -2.31. The minimum absolute atomic E-state index is 0.0363. The number of esters is 2. The first-order valence-electron chi connectivity index (χ1n) is 7.97. The molecule has 0 amide bonds. The highest BCUT2D eigenvalue weighted by atomic mass is 31.2. The van der Waals surface area contributed by atoms with Crippen molar-refractivity contribution in [2.45, 2.75) is 46.7 Å². The summed E-state index contributed by atoms with van der Waals surface area (Å²) in [5.41, 5.74) is -2.00. The largest absolute Gasteiger partial charge is 0.465 e. The molecule has 0 saturated carbocycles. The molecule has 0 aliphatic heterocycles. The summed E-state index contributed by atoms with van der Waals surface area (Å²) in [7, 11) is -3.87. The fraction of sp³-hybridized carbons (Fsp3) is 0.867. The Balaban J connectivity index is 5.17. The molecule has 1 atom stereocenters. The van der Waals surface area contributed by atoms with E-state index < -0.39 is 37.0 Å². The maximum Gasteiger partial charge on any atom is 0.345 e. The maximum absolute atomic E-state index is 12.8. The Morgan fingerprint density at radius 3 is 2.00 bits per heavy atom. The van der Waals surface area contributed by atoms with Crippen LogP contribution in [-0.4, -0.2) is 55.7 Å². The van der Waals surface area contributed by atoms with Crippen LogP contribution in [0.5, 0.6) is 0 Å². The Morgan fingerprint density at radius 2 is 1.58 bits per heavy atom. The van der Waals surface area contributed by atoms with Gasteiger partial charge in [0.05, 0.1) is 39.5 Å². The zero-order chi connectivity index (χ0) is 18.8. The molecule has 0 aromatic rings. The van der Waals surface area contributed by atoms with Crippen LogP contribution in [0.3, 0.4) is 0 Å². The molecule has 8 nitrogen and oxygen atoms in total. The molecular weight excluding hydrogens is 339 g/mol. The Bertz CT molecular complexity index is 439. The van der Waals surface area contributed by atoms with Crippen molar-refractivity contribution in [3.05, 3.63) is 0 Å². The monoisotopic (exact) mass is 368 g/mol. The zero-order valence-electron chi connectivity index (χ0n) is 15.1. The molecule has 0 heterocycles. The van der Waals surface area contributed by atoms with Gasteiger partial charge in [0.25, 0.3) is 0 Å². The first-order valence-corrected chi connectivity index (χ1v) is 9.58. The van der Waals surface area contributed by atoms with Crippen LogP contribution in [0, 0.1) is 5.41 Å². The predicted octanol–water partition coefficient (Wildman–Crippen LogP) is 2.14. The van der Waals surface area contributed by atoms with Crippen molar-refractivity contribution in [3.8, 4) is 0 Å². The van der Waals surface area contributed by atoms with Gasteiger partial charge in [0.15, 0.2) is 5.66 Å². The van der Waals surface area contributed by atoms with E-state index in [2.05, 4.69) is 0 Å².